The average molecular weight is 235 g/mol. The molecule has 17 heavy (non-hydrogen) atoms. The van der Waals surface area contributed by atoms with Gasteiger partial charge in [-0.3, -0.25) is 0 Å². The summed E-state index contributed by atoms with van der Waals surface area (Å²) in [6, 6.07) is 8.81. The minimum absolute atomic E-state index is 0.127. The fraction of sp³-hybridized carbons (Fsp3) is 0.600. The van der Waals surface area contributed by atoms with E-state index < -0.39 is 0 Å². The van der Waals surface area contributed by atoms with Gasteiger partial charge in [-0.05, 0) is 24.0 Å². The van der Waals surface area contributed by atoms with Crippen molar-refractivity contribution in [2.45, 2.75) is 58.7 Å². The van der Waals surface area contributed by atoms with Gasteiger partial charge in [-0.15, -0.1) is 0 Å². The van der Waals surface area contributed by atoms with Gasteiger partial charge in [-0.2, -0.15) is 0 Å². The largest absolute Gasteiger partial charge is 0.392 e. The maximum atomic E-state index is 8.97. The van der Waals surface area contributed by atoms with E-state index >= 15 is 0 Å². The smallest absolute Gasteiger partial charge is 0.0681 e. The number of rotatable bonds is 8. The third-order valence-corrected chi connectivity index (χ3v) is 3.07. The molecule has 0 radical (unpaired) electrons. The lowest BCUT2D eigenvalue weighted by atomic mass is 10.1. The molecular weight excluding hydrogens is 210 g/mol. The standard InChI is InChI=1S/C15H25NO/c1-3-5-15(6-4-2)16-11-13-7-9-14(12-17)10-8-13/h7-10,15-17H,3-6,11-12H2,1-2H3. The molecule has 2 nitrogen and oxygen atoms in total. The highest BCUT2D eigenvalue weighted by Gasteiger charge is 2.05. The molecule has 2 N–H and O–H groups in total. The van der Waals surface area contributed by atoms with Crippen LogP contribution in [0.1, 0.15) is 50.7 Å². The molecule has 0 aliphatic rings. The molecule has 0 spiro atoms. The van der Waals surface area contributed by atoms with Crippen molar-refractivity contribution >= 4 is 0 Å². The topological polar surface area (TPSA) is 32.3 Å². The molecule has 0 saturated carbocycles. The van der Waals surface area contributed by atoms with E-state index in [1.807, 2.05) is 12.1 Å². The Kier molecular flexibility index (Phi) is 6.90. The molecule has 96 valence electrons. The lowest BCUT2D eigenvalue weighted by Crippen LogP contribution is -2.28. The molecule has 0 saturated heterocycles. The van der Waals surface area contributed by atoms with Crippen molar-refractivity contribution in [3.63, 3.8) is 0 Å². The normalized spacial score (nSPS) is 11.1. The summed E-state index contributed by atoms with van der Waals surface area (Å²) in [6.07, 6.45) is 4.98. The van der Waals surface area contributed by atoms with Gasteiger partial charge in [0.25, 0.3) is 0 Å². The fourth-order valence-electron chi connectivity index (χ4n) is 2.07. The Bertz CT molecular complexity index is 288. The van der Waals surface area contributed by atoms with Gasteiger partial charge in [0.1, 0.15) is 0 Å². The molecule has 2 heteroatoms. The number of nitrogens with one attached hydrogen (secondary N) is 1. The van der Waals surface area contributed by atoms with Crippen molar-refractivity contribution < 1.29 is 5.11 Å². The Morgan fingerprint density at radius 1 is 1.00 bits per heavy atom. The van der Waals surface area contributed by atoms with E-state index in [1.165, 1.54) is 31.2 Å². The second-order valence-electron chi connectivity index (χ2n) is 4.63. The fourth-order valence-corrected chi connectivity index (χ4v) is 2.07. The van der Waals surface area contributed by atoms with Crippen LogP contribution in [0.4, 0.5) is 0 Å². The molecule has 0 aliphatic carbocycles. The maximum absolute atomic E-state index is 8.97. The van der Waals surface area contributed by atoms with Gasteiger partial charge in [0.2, 0.25) is 0 Å². The molecule has 0 bridgehead atoms. The first-order valence-corrected chi connectivity index (χ1v) is 6.72. The average Bonchev–Trinajstić information content (AvgIpc) is 2.37. The third kappa shape index (κ3) is 5.33. The predicted molar refractivity (Wildman–Crippen MR) is 72.8 cm³/mol. The maximum Gasteiger partial charge on any atom is 0.0681 e. The van der Waals surface area contributed by atoms with E-state index in [0.29, 0.717) is 6.04 Å². The van der Waals surface area contributed by atoms with Gasteiger partial charge in [-0.1, -0.05) is 51.0 Å². The second kappa shape index (κ2) is 8.26. The molecule has 0 aliphatic heterocycles. The Morgan fingerprint density at radius 3 is 2.00 bits per heavy atom. The van der Waals surface area contributed by atoms with Crippen molar-refractivity contribution in [1.29, 1.82) is 0 Å². The molecule has 0 amide bonds. The van der Waals surface area contributed by atoms with Crippen molar-refractivity contribution in [3.05, 3.63) is 35.4 Å². The van der Waals surface area contributed by atoms with Gasteiger partial charge < -0.3 is 10.4 Å². The first-order valence-electron chi connectivity index (χ1n) is 6.72. The molecule has 0 heterocycles. The van der Waals surface area contributed by atoms with Crippen LogP contribution in [0, 0.1) is 0 Å². The summed E-state index contributed by atoms with van der Waals surface area (Å²) in [5.74, 6) is 0. The van der Waals surface area contributed by atoms with Gasteiger partial charge >= 0.3 is 0 Å². The summed E-state index contributed by atoms with van der Waals surface area (Å²) in [5.41, 5.74) is 2.27. The van der Waals surface area contributed by atoms with Gasteiger partial charge in [-0.25, -0.2) is 0 Å². The van der Waals surface area contributed by atoms with Crippen LogP contribution in [-0.2, 0) is 13.2 Å². The molecule has 0 fully saturated rings. The van der Waals surface area contributed by atoms with Crippen LogP contribution in [-0.4, -0.2) is 11.1 Å². The summed E-state index contributed by atoms with van der Waals surface area (Å²) in [6.45, 7) is 5.53. The monoisotopic (exact) mass is 235 g/mol. The SMILES string of the molecule is CCCC(CCC)NCc1ccc(CO)cc1. The summed E-state index contributed by atoms with van der Waals surface area (Å²) in [4.78, 5) is 0. The van der Waals surface area contributed by atoms with E-state index in [9.17, 15) is 0 Å². The lowest BCUT2D eigenvalue weighted by molar-refractivity contribution is 0.282. The van der Waals surface area contributed by atoms with Crippen LogP contribution >= 0.6 is 0 Å². The Labute approximate surface area is 105 Å². The summed E-state index contributed by atoms with van der Waals surface area (Å²) < 4.78 is 0. The van der Waals surface area contributed by atoms with Crippen LogP contribution in [0.2, 0.25) is 0 Å². The quantitative estimate of drug-likeness (QED) is 0.725. The molecule has 1 aromatic carbocycles. The van der Waals surface area contributed by atoms with Gasteiger partial charge in [0.15, 0.2) is 0 Å². The highest BCUT2D eigenvalue weighted by atomic mass is 16.3. The summed E-state index contributed by atoms with van der Waals surface area (Å²) in [7, 11) is 0. The van der Waals surface area contributed by atoms with Crippen molar-refractivity contribution in [3.8, 4) is 0 Å². The van der Waals surface area contributed by atoms with E-state index in [0.717, 1.165) is 12.1 Å². The van der Waals surface area contributed by atoms with Gasteiger partial charge in [0.05, 0.1) is 6.61 Å². The lowest BCUT2D eigenvalue weighted by Gasteiger charge is -2.17. The van der Waals surface area contributed by atoms with E-state index in [2.05, 4.69) is 31.3 Å². The molecule has 0 atom stereocenters. The summed E-state index contributed by atoms with van der Waals surface area (Å²) in [5, 5.41) is 12.6. The molecule has 1 rings (SSSR count). The molecule has 1 aromatic rings. The zero-order chi connectivity index (χ0) is 12.5. The van der Waals surface area contributed by atoms with Crippen LogP contribution in [0.5, 0.6) is 0 Å². The van der Waals surface area contributed by atoms with E-state index in [4.69, 9.17) is 5.11 Å². The highest BCUT2D eigenvalue weighted by molar-refractivity contribution is 5.21. The summed E-state index contributed by atoms with van der Waals surface area (Å²) >= 11 is 0. The molecule has 0 aromatic heterocycles. The Hall–Kier alpha value is -0.860. The number of hydrogen-bond donors (Lipinski definition) is 2. The first-order chi connectivity index (χ1) is 8.30. The predicted octanol–water partition coefficient (Wildman–Crippen LogP) is 3.24. The molecule has 0 unspecified atom stereocenters. The Balaban J connectivity index is 2.41. The van der Waals surface area contributed by atoms with E-state index in [-0.39, 0.29) is 6.61 Å². The van der Waals surface area contributed by atoms with Crippen molar-refractivity contribution in [2.75, 3.05) is 0 Å². The highest BCUT2D eigenvalue weighted by Crippen LogP contribution is 2.08. The minimum Gasteiger partial charge on any atom is -0.392 e. The Morgan fingerprint density at radius 2 is 1.53 bits per heavy atom. The zero-order valence-corrected chi connectivity index (χ0v) is 11.1. The first kappa shape index (κ1) is 14.2. The second-order valence-corrected chi connectivity index (χ2v) is 4.63. The minimum atomic E-state index is 0.127. The molecular formula is C15H25NO. The number of benzene rings is 1. The van der Waals surface area contributed by atoms with E-state index in [1.54, 1.807) is 0 Å². The van der Waals surface area contributed by atoms with Crippen LogP contribution in [0.25, 0.3) is 0 Å². The number of hydrogen-bond acceptors (Lipinski definition) is 2. The van der Waals surface area contributed by atoms with Crippen LogP contribution in [0.3, 0.4) is 0 Å². The van der Waals surface area contributed by atoms with Crippen molar-refractivity contribution in [2.24, 2.45) is 0 Å². The van der Waals surface area contributed by atoms with Gasteiger partial charge in [0, 0.05) is 12.6 Å². The van der Waals surface area contributed by atoms with Crippen LogP contribution < -0.4 is 5.32 Å². The number of aliphatic hydroxyl groups excluding tert-OH is 1. The third-order valence-electron chi connectivity index (χ3n) is 3.07. The van der Waals surface area contributed by atoms with Crippen LogP contribution in [0.15, 0.2) is 24.3 Å². The number of aliphatic hydroxyl groups is 1. The zero-order valence-electron chi connectivity index (χ0n) is 11.1. The van der Waals surface area contributed by atoms with Crippen molar-refractivity contribution in [1.82, 2.24) is 5.32 Å².